The molecule has 1 amide bonds. The van der Waals surface area contributed by atoms with Crippen molar-refractivity contribution >= 4 is 11.9 Å². The number of aliphatic carboxylic acids is 1. The maximum Gasteiger partial charge on any atom is 0.303 e. The predicted molar refractivity (Wildman–Crippen MR) is 62.0 cm³/mol. The SMILES string of the molecule is CC(N)CC(=O)N(CCCC(=O)O)C(C)C. The van der Waals surface area contributed by atoms with Crippen molar-refractivity contribution in [3.8, 4) is 0 Å². The lowest BCUT2D eigenvalue weighted by Crippen LogP contribution is -2.40. The van der Waals surface area contributed by atoms with Crippen molar-refractivity contribution in [2.45, 2.75) is 52.1 Å². The molecule has 0 spiro atoms. The van der Waals surface area contributed by atoms with Gasteiger partial charge in [0, 0.05) is 31.5 Å². The molecule has 0 aromatic carbocycles. The van der Waals surface area contributed by atoms with Gasteiger partial charge in [-0.3, -0.25) is 9.59 Å². The van der Waals surface area contributed by atoms with E-state index in [1.807, 2.05) is 13.8 Å². The van der Waals surface area contributed by atoms with Crippen LogP contribution in [-0.4, -0.2) is 40.5 Å². The fourth-order valence-electron chi connectivity index (χ4n) is 1.46. The van der Waals surface area contributed by atoms with E-state index in [1.165, 1.54) is 0 Å². The monoisotopic (exact) mass is 230 g/mol. The highest BCUT2D eigenvalue weighted by atomic mass is 16.4. The van der Waals surface area contributed by atoms with E-state index in [9.17, 15) is 9.59 Å². The number of carbonyl (C=O) groups excluding carboxylic acids is 1. The Morgan fingerprint density at radius 1 is 1.31 bits per heavy atom. The molecule has 0 saturated heterocycles. The van der Waals surface area contributed by atoms with E-state index in [2.05, 4.69) is 0 Å². The van der Waals surface area contributed by atoms with Gasteiger partial charge in [0.05, 0.1) is 0 Å². The average molecular weight is 230 g/mol. The first-order valence-corrected chi connectivity index (χ1v) is 5.61. The summed E-state index contributed by atoms with van der Waals surface area (Å²) in [6.45, 7) is 6.10. The Hall–Kier alpha value is -1.10. The van der Waals surface area contributed by atoms with Gasteiger partial charge in [-0.05, 0) is 27.2 Å². The molecule has 0 aromatic heterocycles. The van der Waals surface area contributed by atoms with Gasteiger partial charge < -0.3 is 15.7 Å². The Bertz CT molecular complexity index is 239. The molecule has 94 valence electrons. The molecule has 0 bridgehead atoms. The van der Waals surface area contributed by atoms with Crippen LogP contribution in [0.1, 0.15) is 40.0 Å². The number of nitrogens with zero attached hydrogens (tertiary/aromatic N) is 1. The molecule has 0 aliphatic rings. The van der Waals surface area contributed by atoms with Crippen molar-refractivity contribution in [2.24, 2.45) is 5.73 Å². The van der Waals surface area contributed by atoms with Gasteiger partial charge in [-0.1, -0.05) is 0 Å². The average Bonchev–Trinajstić information content (AvgIpc) is 2.09. The second-order valence-corrected chi connectivity index (χ2v) is 4.36. The first-order valence-electron chi connectivity index (χ1n) is 5.61. The van der Waals surface area contributed by atoms with Crippen LogP contribution in [-0.2, 0) is 9.59 Å². The van der Waals surface area contributed by atoms with Crippen molar-refractivity contribution in [3.63, 3.8) is 0 Å². The first-order chi connectivity index (χ1) is 7.34. The summed E-state index contributed by atoms with van der Waals surface area (Å²) in [5.41, 5.74) is 5.57. The summed E-state index contributed by atoms with van der Waals surface area (Å²) in [6, 6.07) is -0.0757. The van der Waals surface area contributed by atoms with Crippen LogP contribution in [0.25, 0.3) is 0 Å². The summed E-state index contributed by atoms with van der Waals surface area (Å²) in [5.74, 6) is -0.835. The number of hydrogen-bond acceptors (Lipinski definition) is 3. The molecule has 1 unspecified atom stereocenters. The van der Waals surface area contributed by atoms with E-state index in [-0.39, 0.29) is 24.4 Å². The zero-order valence-corrected chi connectivity index (χ0v) is 10.3. The van der Waals surface area contributed by atoms with Crippen molar-refractivity contribution < 1.29 is 14.7 Å². The number of carbonyl (C=O) groups is 2. The second kappa shape index (κ2) is 7.22. The minimum atomic E-state index is -0.830. The van der Waals surface area contributed by atoms with Crippen LogP contribution in [0.4, 0.5) is 0 Å². The Kier molecular flexibility index (Phi) is 6.72. The molecule has 0 fully saturated rings. The standard InChI is InChI=1S/C11H22N2O3/c1-8(2)13(6-4-5-11(15)16)10(14)7-9(3)12/h8-9H,4-7,12H2,1-3H3,(H,15,16). The molecule has 16 heavy (non-hydrogen) atoms. The molecular weight excluding hydrogens is 208 g/mol. The van der Waals surface area contributed by atoms with Gasteiger partial charge in [-0.15, -0.1) is 0 Å². The summed E-state index contributed by atoms with van der Waals surface area (Å²) >= 11 is 0. The summed E-state index contributed by atoms with van der Waals surface area (Å²) < 4.78 is 0. The minimum absolute atomic E-state index is 0.00427. The highest BCUT2D eigenvalue weighted by molar-refractivity contribution is 5.77. The van der Waals surface area contributed by atoms with Crippen LogP contribution in [0.3, 0.4) is 0 Å². The molecule has 0 radical (unpaired) electrons. The largest absolute Gasteiger partial charge is 0.481 e. The van der Waals surface area contributed by atoms with Crippen LogP contribution in [0, 0.1) is 0 Å². The van der Waals surface area contributed by atoms with E-state index in [4.69, 9.17) is 10.8 Å². The van der Waals surface area contributed by atoms with E-state index in [1.54, 1.807) is 11.8 Å². The molecule has 0 aliphatic carbocycles. The van der Waals surface area contributed by atoms with Crippen molar-refractivity contribution in [1.82, 2.24) is 4.90 Å². The third-order valence-corrected chi connectivity index (χ3v) is 2.23. The van der Waals surface area contributed by atoms with E-state index in [0.29, 0.717) is 19.4 Å². The highest BCUT2D eigenvalue weighted by Gasteiger charge is 2.17. The zero-order chi connectivity index (χ0) is 12.7. The predicted octanol–water partition coefficient (Wildman–Crippen LogP) is 0.826. The lowest BCUT2D eigenvalue weighted by Gasteiger charge is -2.27. The molecule has 3 N–H and O–H groups in total. The highest BCUT2D eigenvalue weighted by Crippen LogP contribution is 2.05. The number of nitrogens with two attached hydrogens (primary N) is 1. The summed E-state index contributed by atoms with van der Waals surface area (Å²) in [4.78, 5) is 23.8. The Balaban J connectivity index is 4.16. The van der Waals surface area contributed by atoms with E-state index < -0.39 is 5.97 Å². The molecule has 1 atom stereocenters. The Labute approximate surface area is 96.6 Å². The van der Waals surface area contributed by atoms with Crippen LogP contribution >= 0.6 is 0 Å². The smallest absolute Gasteiger partial charge is 0.303 e. The number of amides is 1. The third-order valence-electron chi connectivity index (χ3n) is 2.23. The van der Waals surface area contributed by atoms with Crippen molar-refractivity contribution in [3.05, 3.63) is 0 Å². The summed E-state index contributed by atoms with van der Waals surface area (Å²) in [7, 11) is 0. The summed E-state index contributed by atoms with van der Waals surface area (Å²) in [6.07, 6.45) is 0.887. The topological polar surface area (TPSA) is 83.6 Å². The van der Waals surface area contributed by atoms with E-state index in [0.717, 1.165) is 0 Å². The number of carboxylic acid groups (broad SMARTS) is 1. The van der Waals surface area contributed by atoms with E-state index >= 15 is 0 Å². The maximum absolute atomic E-state index is 11.8. The van der Waals surface area contributed by atoms with Gasteiger partial charge in [0.25, 0.3) is 0 Å². The lowest BCUT2D eigenvalue weighted by molar-refractivity contribution is -0.138. The van der Waals surface area contributed by atoms with Gasteiger partial charge in [-0.25, -0.2) is 0 Å². The van der Waals surface area contributed by atoms with Crippen LogP contribution in [0.2, 0.25) is 0 Å². The molecule has 0 saturated carbocycles. The maximum atomic E-state index is 11.8. The zero-order valence-electron chi connectivity index (χ0n) is 10.3. The van der Waals surface area contributed by atoms with Gasteiger partial charge in [0.2, 0.25) is 5.91 Å². The van der Waals surface area contributed by atoms with Gasteiger partial charge >= 0.3 is 5.97 Å². The Morgan fingerprint density at radius 3 is 2.25 bits per heavy atom. The fraction of sp³-hybridized carbons (Fsp3) is 0.818. The second-order valence-electron chi connectivity index (χ2n) is 4.36. The van der Waals surface area contributed by atoms with Crippen LogP contribution in [0.15, 0.2) is 0 Å². The van der Waals surface area contributed by atoms with Crippen LogP contribution < -0.4 is 5.73 Å². The van der Waals surface area contributed by atoms with Crippen molar-refractivity contribution in [1.29, 1.82) is 0 Å². The molecule has 5 heteroatoms. The number of hydrogen-bond donors (Lipinski definition) is 2. The Morgan fingerprint density at radius 2 is 1.88 bits per heavy atom. The number of rotatable bonds is 7. The normalized spacial score (nSPS) is 12.6. The minimum Gasteiger partial charge on any atom is -0.481 e. The quantitative estimate of drug-likeness (QED) is 0.678. The van der Waals surface area contributed by atoms with Gasteiger partial charge in [0.15, 0.2) is 0 Å². The first kappa shape index (κ1) is 14.9. The molecule has 0 heterocycles. The molecular formula is C11H22N2O3. The summed E-state index contributed by atoms with van der Waals surface area (Å²) in [5, 5.41) is 8.53. The van der Waals surface area contributed by atoms with Gasteiger partial charge in [-0.2, -0.15) is 0 Å². The lowest BCUT2D eigenvalue weighted by atomic mass is 10.2. The third kappa shape index (κ3) is 6.40. The van der Waals surface area contributed by atoms with Gasteiger partial charge in [0.1, 0.15) is 0 Å². The fourth-order valence-corrected chi connectivity index (χ4v) is 1.46. The number of carboxylic acids is 1. The molecule has 0 aliphatic heterocycles. The van der Waals surface area contributed by atoms with Crippen molar-refractivity contribution in [2.75, 3.05) is 6.54 Å². The van der Waals surface area contributed by atoms with Crippen LogP contribution in [0.5, 0.6) is 0 Å². The molecule has 0 aromatic rings. The molecule has 5 nitrogen and oxygen atoms in total. The molecule has 0 rings (SSSR count).